The predicted molar refractivity (Wildman–Crippen MR) is 127 cm³/mol. The van der Waals surface area contributed by atoms with Crippen molar-refractivity contribution in [1.82, 2.24) is 14.9 Å². The molecule has 2 aromatic carbocycles. The highest BCUT2D eigenvalue weighted by atomic mass is 16.6. The molecule has 0 bridgehead atoms. The Hall–Kier alpha value is -3.95. The molecule has 0 aliphatic carbocycles. The number of hydrogen-bond acceptors (Lipinski definition) is 9. The number of para-hydroxylation sites is 2. The maximum atomic E-state index is 13.0. The first-order valence-corrected chi connectivity index (χ1v) is 11.1. The maximum absolute atomic E-state index is 13.0. The third-order valence-electron chi connectivity index (χ3n) is 6.08. The number of anilines is 2. The highest BCUT2D eigenvalue weighted by molar-refractivity contribution is 5.92. The minimum absolute atomic E-state index is 0.0682. The van der Waals surface area contributed by atoms with Crippen molar-refractivity contribution >= 4 is 28.6 Å². The van der Waals surface area contributed by atoms with E-state index in [2.05, 4.69) is 10.2 Å². The van der Waals surface area contributed by atoms with Crippen molar-refractivity contribution in [2.45, 2.75) is 6.10 Å². The molecule has 5 rings (SSSR count). The average Bonchev–Trinajstić information content (AvgIpc) is 2.90. The van der Waals surface area contributed by atoms with Crippen LogP contribution >= 0.6 is 0 Å². The summed E-state index contributed by atoms with van der Waals surface area (Å²) in [6.45, 7) is 2.52. The van der Waals surface area contributed by atoms with Gasteiger partial charge in [-0.15, -0.1) is 0 Å². The van der Waals surface area contributed by atoms with E-state index in [4.69, 9.17) is 28.9 Å². The van der Waals surface area contributed by atoms with E-state index < -0.39 is 6.10 Å². The van der Waals surface area contributed by atoms with Gasteiger partial charge in [-0.25, -0.2) is 4.98 Å². The summed E-state index contributed by atoms with van der Waals surface area (Å²) in [5, 5.41) is 3.99. The first kappa shape index (κ1) is 21.9. The van der Waals surface area contributed by atoms with E-state index in [1.807, 2.05) is 48.3 Å². The number of aromatic nitrogens is 2. The number of rotatable bonds is 5. The first-order valence-electron chi connectivity index (χ1n) is 11.1. The van der Waals surface area contributed by atoms with Gasteiger partial charge in [-0.3, -0.25) is 4.79 Å². The Kier molecular flexibility index (Phi) is 5.87. The van der Waals surface area contributed by atoms with Crippen LogP contribution in [0.5, 0.6) is 23.0 Å². The van der Waals surface area contributed by atoms with Gasteiger partial charge in [0.1, 0.15) is 12.4 Å². The van der Waals surface area contributed by atoms with Crippen LogP contribution in [0.15, 0.2) is 36.4 Å². The van der Waals surface area contributed by atoms with Crippen LogP contribution in [0.2, 0.25) is 0 Å². The van der Waals surface area contributed by atoms with Gasteiger partial charge in [0.2, 0.25) is 12.1 Å². The van der Waals surface area contributed by atoms with E-state index in [1.165, 1.54) is 0 Å². The van der Waals surface area contributed by atoms with Crippen LogP contribution in [0, 0.1) is 0 Å². The quantitative estimate of drug-likeness (QED) is 0.608. The van der Waals surface area contributed by atoms with Crippen molar-refractivity contribution in [2.75, 3.05) is 64.3 Å². The number of nitrogens with zero attached hydrogens (tertiary/aromatic N) is 4. The summed E-state index contributed by atoms with van der Waals surface area (Å²) in [5.74, 6) is 3.72. The normalized spacial score (nSPS) is 17.4. The molecule has 34 heavy (non-hydrogen) atoms. The molecule has 1 aromatic heterocycles. The van der Waals surface area contributed by atoms with E-state index in [0.29, 0.717) is 60.9 Å². The van der Waals surface area contributed by atoms with Crippen LogP contribution in [0.4, 0.5) is 11.8 Å². The molecule has 178 valence electrons. The molecule has 0 spiro atoms. The Bertz CT molecular complexity index is 1210. The number of fused-ring (bicyclic) bond motifs is 2. The fourth-order valence-corrected chi connectivity index (χ4v) is 4.25. The molecule has 0 radical (unpaired) electrons. The smallest absolute Gasteiger partial charge is 0.267 e. The fraction of sp³-hybridized carbons (Fsp3) is 0.375. The van der Waals surface area contributed by atoms with Crippen molar-refractivity contribution in [1.29, 1.82) is 0 Å². The van der Waals surface area contributed by atoms with Gasteiger partial charge in [0.15, 0.2) is 23.0 Å². The van der Waals surface area contributed by atoms with Crippen molar-refractivity contribution in [2.24, 2.45) is 0 Å². The van der Waals surface area contributed by atoms with Crippen LogP contribution < -0.4 is 29.2 Å². The molecule has 0 saturated carbocycles. The summed E-state index contributed by atoms with van der Waals surface area (Å²) in [6.07, 6.45) is -0.642. The molecule has 1 N–H and O–H groups in total. The minimum atomic E-state index is -0.642. The summed E-state index contributed by atoms with van der Waals surface area (Å²) in [7, 11) is 5.02. The zero-order chi connectivity index (χ0) is 23.7. The zero-order valence-corrected chi connectivity index (χ0v) is 19.4. The number of carbonyl (C=O) groups excluding carboxylic acids is 1. The number of hydrogen-bond donors (Lipinski definition) is 1. The Morgan fingerprint density at radius 3 is 2.44 bits per heavy atom. The molecule has 1 atom stereocenters. The highest BCUT2D eigenvalue weighted by Crippen LogP contribution is 2.35. The number of piperazine rings is 1. The van der Waals surface area contributed by atoms with E-state index in [0.717, 1.165) is 10.9 Å². The SMILES string of the molecule is CNc1nc(N2CCN(C(=O)C3COc4ccccc4O3)CC2)nc2cc(OC)c(OC)cc12. The first-order chi connectivity index (χ1) is 16.6. The van der Waals surface area contributed by atoms with Crippen LogP contribution in [0.25, 0.3) is 10.9 Å². The molecule has 2 aliphatic heterocycles. The summed E-state index contributed by atoms with van der Waals surface area (Å²) in [6, 6.07) is 11.1. The molecular formula is C24H27N5O5. The number of ether oxygens (including phenoxy) is 4. The van der Waals surface area contributed by atoms with Gasteiger partial charge in [0.25, 0.3) is 5.91 Å². The Morgan fingerprint density at radius 1 is 1.03 bits per heavy atom. The predicted octanol–water partition coefficient (Wildman–Crippen LogP) is 2.18. The van der Waals surface area contributed by atoms with E-state index >= 15 is 0 Å². The van der Waals surface area contributed by atoms with E-state index in [9.17, 15) is 4.79 Å². The highest BCUT2D eigenvalue weighted by Gasteiger charge is 2.33. The molecule has 2 aliphatic rings. The molecule has 1 saturated heterocycles. The average molecular weight is 466 g/mol. The van der Waals surface area contributed by atoms with Gasteiger partial charge in [0.05, 0.1) is 19.7 Å². The van der Waals surface area contributed by atoms with Gasteiger partial charge in [-0.05, 0) is 18.2 Å². The zero-order valence-electron chi connectivity index (χ0n) is 19.4. The van der Waals surface area contributed by atoms with Crippen molar-refractivity contribution in [3.05, 3.63) is 36.4 Å². The van der Waals surface area contributed by atoms with Gasteiger partial charge in [0, 0.05) is 44.7 Å². The summed E-state index contributed by atoms with van der Waals surface area (Å²) >= 11 is 0. The molecule has 1 unspecified atom stereocenters. The molecule has 3 aromatic rings. The molecule has 10 heteroatoms. The maximum Gasteiger partial charge on any atom is 0.267 e. The van der Waals surface area contributed by atoms with Crippen molar-refractivity contribution in [3.8, 4) is 23.0 Å². The second-order valence-corrected chi connectivity index (χ2v) is 8.02. The van der Waals surface area contributed by atoms with Gasteiger partial charge < -0.3 is 34.1 Å². The Balaban J connectivity index is 1.30. The largest absolute Gasteiger partial charge is 0.493 e. The van der Waals surface area contributed by atoms with Gasteiger partial charge >= 0.3 is 0 Å². The number of methoxy groups -OCH3 is 2. The van der Waals surface area contributed by atoms with Crippen LogP contribution in [0.1, 0.15) is 0 Å². The monoisotopic (exact) mass is 465 g/mol. The van der Waals surface area contributed by atoms with Crippen LogP contribution in [-0.4, -0.2) is 80.9 Å². The summed E-state index contributed by atoms with van der Waals surface area (Å²) < 4.78 is 22.5. The lowest BCUT2D eigenvalue weighted by atomic mass is 10.2. The molecule has 1 fully saturated rings. The van der Waals surface area contributed by atoms with Gasteiger partial charge in [-0.2, -0.15) is 4.98 Å². The standard InChI is InChI=1S/C24H27N5O5/c1-25-22-15-12-19(31-2)20(32-3)13-16(15)26-24(27-22)29-10-8-28(9-11-29)23(30)21-14-33-17-6-4-5-7-18(17)34-21/h4-7,12-13,21H,8-11,14H2,1-3H3,(H,25,26,27). The third-order valence-corrected chi connectivity index (χ3v) is 6.08. The van der Waals surface area contributed by atoms with Crippen LogP contribution in [-0.2, 0) is 4.79 Å². The Morgan fingerprint density at radius 2 is 1.74 bits per heavy atom. The van der Waals surface area contributed by atoms with Crippen molar-refractivity contribution < 1.29 is 23.7 Å². The lowest BCUT2D eigenvalue weighted by Gasteiger charge is -2.37. The lowest BCUT2D eigenvalue weighted by molar-refractivity contribution is -0.141. The topological polar surface area (TPSA) is 98.3 Å². The van der Waals surface area contributed by atoms with E-state index in [-0.39, 0.29) is 12.5 Å². The molecular weight excluding hydrogens is 438 g/mol. The minimum Gasteiger partial charge on any atom is -0.493 e. The fourth-order valence-electron chi connectivity index (χ4n) is 4.25. The molecule has 1 amide bonds. The Labute approximate surface area is 197 Å². The second-order valence-electron chi connectivity index (χ2n) is 8.02. The lowest BCUT2D eigenvalue weighted by Crippen LogP contribution is -2.54. The number of benzene rings is 2. The summed E-state index contributed by atoms with van der Waals surface area (Å²) in [4.78, 5) is 26.4. The number of carbonyl (C=O) groups is 1. The molecule has 10 nitrogen and oxygen atoms in total. The third kappa shape index (κ3) is 3.95. The molecule has 3 heterocycles. The number of amides is 1. The van der Waals surface area contributed by atoms with Gasteiger partial charge in [-0.1, -0.05) is 12.1 Å². The van der Waals surface area contributed by atoms with Crippen LogP contribution in [0.3, 0.4) is 0 Å². The summed E-state index contributed by atoms with van der Waals surface area (Å²) in [5.41, 5.74) is 0.747. The van der Waals surface area contributed by atoms with Crippen molar-refractivity contribution in [3.63, 3.8) is 0 Å². The second kappa shape index (κ2) is 9.12. The number of nitrogens with one attached hydrogen (secondary N) is 1. The van der Waals surface area contributed by atoms with E-state index in [1.54, 1.807) is 14.2 Å².